The minimum absolute atomic E-state index is 0.0277. The van der Waals surface area contributed by atoms with Crippen molar-refractivity contribution in [2.24, 2.45) is 0 Å². The van der Waals surface area contributed by atoms with E-state index in [-0.39, 0.29) is 5.54 Å². The van der Waals surface area contributed by atoms with Gasteiger partial charge in [0.2, 0.25) is 5.91 Å². The number of amides is 1. The summed E-state index contributed by atoms with van der Waals surface area (Å²) in [6.07, 6.45) is 6.14. The maximum atomic E-state index is 12.8. The predicted octanol–water partition coefficient (Wildman–Crippen LogP) is 4.28. The highest BCUT2D eigenvalue weighted by molar-refractivity contribution is 5.95. The zero-order valence-electron chi connectivity index (χ0n) is 15.4. The molecule has 2 fully saturated rings. The van der Waals surface area contributed by atoms with Gasteiger partial charge in [0, 0.05) is 31.7 Å². The molecule has 2 saturated heterocycles. The molecule has 0 unspecified atom stereocenters. The third-order valence-electron chi connectivity index (χ3n) is 6.12. The quantitative estimate of drug-likeness (QED) is 0.823. The van der Waals surface area contributed by atoms with Crippen LogP contribution in [0.25, 0.3) is 0 Å². The summed E-state index contributed by atoms with van der Waals surface area (Å²) in [7, 11) is 0. The van der Waals surface area contributed by atoms with E-state index >= 15 is 0 Å². The van der Waals surface area contributed by atoms with Gasteiger partial charge < -0.3 is 9.80 Å². The van der Waals surface area contributed by atoms with Crippen LogP contribution in [-0.2, 0) is 11.2 Å². The molecular weight excluding hydrogens is 320 g/mol. The lowest BCUT2D eigenvalue weighted by atomic mass is 9.78. The van der Waals surface area contributed by atoms with Gasteiger partial charge in [0.25, 0.3) is 0 Å². The SMILES string of the molecule is O=C1CCCC2(CCN(CCc3ccccc3)CC2)N1c1ccccc1. The lowest BCUT2D eigenvalue weighted by Gasteiger charge is -2.51. The number of rotatable bonds is 4. The molecule has 0 N–H and O–H groups in total. The van der Waals surface area contributed by atoms with Crippen molar-refractivity contribution >= 4 is 11.6 Å². The second-order valence-electron chi connectivity index (χ2n) is 7.72. The summed E-state index contributed by atoms with van der Waals surface area (Å²) in [6, 6.07) is 21.0. The standard InChI is InChI=1S/C23H28N2O/c26-22-12-7-14-23(25(22)21-10-5-2-6-11-21)15-18-24(19-16-23)17-13-20-8-3-1-4-9-20/h1-6,8-11H,7,12-19H2. The van der Waals surface area contributed by atoms with Crippen molar-refractivity contribution in [3.8, 4) is 0 Å². The van der Waals surface area contributed by atoms with Crippen molar-refractivity contribution in [2.45, 2.75) is 44.1 Å². The van der Waals surface area contributed by atoms with Crippen LogP contribution in [0.5, 0.6) is 0 Å². The molecule has 0 aromatic heterocycles. The van der Waals surface area contributed by atoms with Crippen LogP contribution in [0.3, 0.4) is 0 Å². The lowest BCUT2D eigenvalue weighted by Crippen LogP contribution is -2.60. The van der Waals surface area contributed by atoms with Crippen LogP contribution in [-0.4, -0.2) is 36.0 Å². The zero-order valence-corrected chi connectivity index (χ0v) is 15.4. The number of nitrogens with zero attached hydrogens (tertiary/aromatic N) is 2. The highest BCUT2D eigenvalue weighted by atomic mass is 16.2. The minimum Gasteiger partial charge on any atom is -0.306 e. The Morgan fingerprint density at radius 3 is 2.19 bits per heavy atom. The molecule has 2 aliphatic rings. The summed E-state index contributed by atoms with van der Waals surface area (Å²) in [5, 5.41) is 0. The van der Waals surface area contributed by atoms with E-state index in [1.54, 1.807) is 0 Å². The van der Waals surface area contributed by atoms with Gasteiger partial charge in [0.1, 0.15) is 0 Å². The van der Waals surface area contributed by atoms with Gasteiger partial charge in [-0.3, -0.25) is 4.79 Å². The first kappa shape index (κ1) is 17.3. The van der Waals surface area contributed by atoms with E-state index in [2.05, 4.69) is 52.3 Å². The molecule has 0 radical (unpaired) electrons. The van der Waals surface area contributed by atoms with Gasteiger partial charge in [0.05, 0.1) is 5.54 Å². The van der Waals surface area contributed by atoms with Crippen LogP contribution in [0, 0.1) is 0 Å². The molecule has 0 aliphatic carbocycles. The van der Waals surface area contributed by atoms with Crippen LogP contribution in [0.4, 0.5) is 5.69 Å². The first-order valence-electron chi connectivity index (χ1n) is 9.91. The summed E-state index contributed by atoms with van der Waals surface area (Å²) >= 11 is 0. The van der Waals surface area contributed by atoms with Crippen molar-refractivity contribution < 1.29 is 4.79 Å². The Morgan fingerprint density at radius 2 is 1.50 bits per heavy atom. The number of hydrogen-bond acceptors (Lipinski definition) is 2. The number of hydrogen-bond donors (Lipinski definition) is 0. The molecule has 4 rings (SSSR count). The predicted molar refractivity (Wildman–Crippen MR) is 106 cm³/mol. The molecule has 1 spiro atoms. The van der Waals surface area contributed by atoms with Gasteiger partial charge in [0.15, 0.2) is 0 Å². The molecule has 0 saturated carbocycles. The average molecular weight is 348 g/mol. The molecule has 2 aromatic rings. The summed E-state index contributed by atoms with van der Waals surface area (Å²) in [6.45, 7) is 3.28. The molecular formula is C23H28N2O. The van der Waals surface area contributed by atoms with Gasteiger partial charge in [-0.25, -0.2) is 0 Å². The fourth-order valence-electron chi connectivity index (χ4n) is 4.65. The van der Waals surface area contributed by atoms with E-state index in [1.807, 2.05) is 18.2 Å². The van der Waals surface area contributed by atoms with Crippen molar-refractivity contribution in [3.05, 3.63) is 66.2 Å². The average Bonchev–Trinajstić information content (AvgIpc) is 2.69. The van der Waals surface area contributed by atoms with Gasteiger partial charge in [-0.15, -0.1) is 0 Å². The maximum Gasteiger partial charge on any atom is 0.227 e. The molecule has 0 atom stereocenters. The first-order valence-corrected chi connectivity index (χ1v) is 9.91. The van der Waals surface area contributed by atoms with Crippen molar-refractivity contribution in [3.63, 3.8) is 0 Å². The van der Waals surface area contributed by atoms with E-state index in [0.717, 1.165) is 57.4 Å². The Morgan fingerprint density at radius 1 is 0.846 bits per heavy atom. The molecule has 136 valence electrons. The Balaban J connectivity index is 1.43. The zero-order chi connectivity index (χ0) is 17.8. The fourth-order valence-corrected chi connectivity index (χ4v) is 4.65. The van der Waals surface area contributed by atoms with Crippen LogP contribution < -0.4 is 4.90 Å². The Kier molecular flexibility index (Phi) is 5.07. The van der Waals surface area contributed by atoms with E-state index < -0.39 is 0 Å². The summed E-state index contributed by atoms with van der Waals surface area (Å²) in [4.78, 5) is 17.5. The summed E-state index contributed by atoms with van der Waals surface area (Å²) in [5.41, 5.74) is 2.52. The normalized spacial score (nSPS) is 20.5. The molecule has 1 amide bonds. The van der Waals surface area contributed by atoms with Crippen molar-refractivity contribution in [2.75, 3.05) is 24.5 Å². The topological polar surface area (TPSA) is 23.6 Å². The number of para-hydroxylation sites is 1. The number of carbonyl (C=O) groups excluding carboxylic acids is 1. The molecule has 3 nitrogen and oxygen atoms in total. The Labute approximate surface area is 156 Å². The maximum absolute atomic E-state index is 12.8. The molecule has 0 bridgehead atoms. The van der Waals surface area contributed by atoms with Crippen LogP contribution in [0.15, 0.2) is 60.7 Å². The van der Waals surface area contributed by atoms with Crippen LogP contribution in [0.1, 0.15) is 37.7 Å². The molecule has 2 heterocycles. The summed E-state index contributed by atoms with van der Waals surface area (Å²) < 4.78 is 0. The Hall–Kier alpha value is -2.13. The fraction of sp³-hybridized carbons (Fsp3) is 0.435. The summed E-state index contributed by atoms with van der Waals surface area (Å²) in [5.74, 6) is 0.306. The number of anilines is 1. The van der Waals surface area contributed by atoms with Crippen LogP contribution >= 0.6 is 0 Å². The number of benzene rings is 2. The van der Waals surface area contributed by atoms with Gasteiger partial charge in [-0.2, -0.15) is 0 Å². The van der Waals surface area contributed by atoms with Gasteiger partial charge in [-0.1, -0.05) is 48.5 Å². The van der Waals surface area contributed by atoms with E-state index in [1.165, 1.54) is 5.56 Å². The Bertz CT molecular complexity index is 720. The van der Waals surface area contributed by atoms with Crippen molar-refractivity contribution in [1.29, 1.82) is 0 Å². The third-order valence-corrected chi connectivity index (χ3v) is 6.12. The largest absolute Gasteiger partial charge is 0.306 e. The molecule has 2 aromatic carbocycles. The number of likely N-dealkylation sites (tertiary alicyclic amines) is 1. The monoisotopic (exact) mass is 348 g/mol. The van der Waals surface area contributed by atoms with Crippen LogP contribution in [0.2, 0.25) is 0 Å². The molecule has 2 aliphatic heterocycles. The smallest absolute Gasteiger partial charge is 0.227 e. The minimum atomic E-state index is 0.0277. The number of piperidine rings is 2. The highest BCUT2D eigenvalue weighted by Crippen LogP contribution is 2.40. The number of carbonyl (C=O) groups is 1. The van der Waals surface area contributed by atoms with E-state index in [9.17, 15) is 4.79 Å². The third kappa shape index (κ3) is 3.54. The first-order chi connectivity index (χ1) is 12.8. The van der Waals surface area contributed by atoms with Gasteiger partial charge >= 0.3 is 0 Å². The van der Waals surface area contributed by atoms with E-state index in [0.29, 0.717) is 12.3 Å². The highest BCUT2D eigenvalue weighted by Gasteiger charge is 2.44. The van der Waals surface area contributed by atoms with Crippen molar-refractivity contribution in [1.82, 2.24) is 4.90 Å². The van der Waals surface area contributed by atoms with Gasteiger partial charge in [-0.05, 0) is 49.8 Å². The second-order valence-corrected chi connectivity index (χ2v) is 7.72. The molecule has 26 heavy (non-hydrogen) atoms. The van der Waals surface area contributed by atoms with E-state index in [4.69, 9.17) is 0 Å². The lowest BCUT2D eigenvalue weighted by molar-refractivity contribution is -0.122. The molecule has 3 heteroatoms. The second kappa shape index (κ2) is 7.63.